The second kappa shape index (κ2) is 5.76. The van der Waals surface area contributed by atoms with Gasteiger partial charge < -0.3 is 5.11 Å². The standard InChI is InChI=1S/C18H12F3NO/c19-18(20,21)15-6-3-7-16(10-15)22-11-14-8-12-4-1-2-5-13(12)9-17(14)23/h1-11,23H. The zero-order valence-electron chi connectivity index (χ0n) is 11.9. The number of halogens is 3. The molecule has 3 aromatic rings. The van der Waals surface area contributed by atoms with E-state index in [1.54, 1.807) is 12.1 Å². The molecule has 0 unspecified atom stereocenters. The fraction of sp³-hybridized carbons (Fsp3) is 0.0556. The molecule has 0 radical (unpaired) electrons. The van der Waals surface area contributed by atoms with Crippen LogP contribution in [0.4, 0.5) is 18.9 Å². The number of phenols is 1. The van der Waals surface area contributed by atoms with Crippen LogP contribution < -0.4 is 0 Å². The van der Waals surface area contributed by atoms with E-state index in [2.05, 4.69) is 4.99 Å². The van der Waals surface area contributed by atoms with E-state index in [0.29, 0.717) is 5.56 Å². The van der Waals surface area contributed by atoms with Gasteiger partial charge in [0.2, 0.25) is 0 Å². The summed E-state index contributed by atoms with van der Waals surface area (Å²) >= 11 is 0. The number of rotatable bonds is 2. The van der Waals surface area contributed by atoms with Crippen LogP contribution in [0.3, 0.4) is 0 Å². The molecule has 0 aliphatic carbocycles. The molecule has 0 saturated carbocycles. The van der Waals surface area contributed by atoms with Crippen molar-refractivity contribution in [2.75, 3.05) is 0 Å². The van der Waals surface area contributed by atoms with Gasteiger partial charge in [-0.25, -0.2) is 0 Å². The summed E-state index contributed by atoms with van der Waals surface area (Å²) in [7, 11) is 0. The van der Waals surface area contributed by atoms with Gasteiger partial charge in [-0.2, -0.15) is 13.2 Å². The SMILES string of the molecule is Oc1cc2ccccc2cc1C=Nc1cccc(C(F)(F)F)c1. The van der Waals surface area contributed by atoms with E-state index in [1.165, 1.54) is 18.3 Å². The van der Waals surface area contributed by atoms with Gasteiger partial charge in [0.15, 0.2) is 0 Å². The lowest BCUT2D eigenvalue weighted by Crippen LogP contribution is -2.03. The fourth-order valence-electron chi connectivity index (χ4n) is 2.26. The van der Waals surface area contributed by atoms with Crippen molar-refractivity contribution in [1.29, 1.82) is 0 Å². The first kappa shape index (κ1) is 15.1. The topological polar surface area (TPSA) is 32.6 Å². The third-order valence-electron chi connectivity index (χ3n) is 3.42. The van der Waals surface area contributed by atoms with E-state index in [-0.39, 0.29) is 11.4 Å². The molecule has 0 heterocycles. The van der Waals surface area contributed by atoms with E-state index >= 15 is 0 Å². The maximum atomic E-state index is 12.7. The number of nitrogens with zero attached hydrogens (tertiary/aromatic N) is 1. The Bertz CT molecular complexity index is 885. The van der Waals surface area contributed by atoms with Crippen LogP contribution in [0.15, 0.2) is 65.7 Å². The molecule has 23 heavy (non-hydrogen) atoms. The van der Waals surface area contributed by atoms with E-state index in [4.69, 9.17) is 0 Å². The smallest absolute Gasteiger partial charge is 0.416 e. The van der Waals surface area contributed by atoms with E-state index in [9.17, 15) is 18.3 Å². The van der Waals surface area contributed by atoms with Crippen LogP contribution in [-0.2, 0) is 6.18 Å². The third kappa shape index (κ3) is 3.34. The van der Waals surface area contributed by atoms with Crippen LogP contribution in [0.25, 0.3) is 10.8 Å². The first-order valence-corrected chi connectivity index (χ1v) is 6.86. The van der Waals surface area contributed by atoms with Crippen LogP contribution in [0.5, 0.6) is 5.75 Å². The average Bonchev–Trinajstić information content (AvgIpc) is 2.52. The summed E-state index contributed by atoms with van der Waals surface area (Å²) in [5, 5.41) is 11.8. The molecule has 0 aromatic heterocycles. The molecular weight excluding hydrogens is 303 g/mol. The van der Waals surface area contributed by atoms with Crippen LogP contribution in [0.1, 0.15) is 11.1 Å². The number of hydrogen-bond donors (Lipinski definition) is 1. The Morgan fingerprint density at radius 1 is 0.870 bits per heavy atom. The molecule has 0 aliphatic rings. The van der Waals surface area contributed by atoms with Crippen molar-refractivity contribution in [3.8, 4) is 5.75 Å². The summed E-state index contributed by atoms with van der Waals surface area (Å²) in [5.74, 6) is 0.0272. The monoisotopic (exact) mass is 315 g/mol. The highest BCUT2D eigenvalue weighted by Crippen LogP contribution is 2.31. The number of fused-ring (bicyclic) bond motifs is 1. The summed E-state index contributed by atoms with van der Waals surface area (Å²) < 4.78 is 38.0. The molecule has 0 saturated heterocycles. The first-order chi connectivity index (χ1) is 10.9. The van der Waals surface area contributed by atoms with Crippen molar-refractivity contribution < 1.29 is 18.3 Å². The Hall–Kier alpha value is -2.82. The Labute approximate surface area is 130 Å². The molecule has 116 valence electrons. The lowest BCUT2D eigenvalue weighted by Gasteiger charge is -2.06. The Morgan fingerprint density at radius 3 is 2.26 bits per heavy atom. The Kier molecular flexibility index (Phi) is 3.78. The van der Waals surface area contributed by atoms with Crippen LogP contribution in [0.2, 0.25) is 0 Å². The van der Waals surface area contributed by atoms with E-state index < -0.39 is 11.7 Å². The van der Waals surface area contributed by atoms with Gasteiger partial charge in [0, 0.05) is 11.8 Å². The minimum Gasteiger partial charge on any atom is -0.507 e. The number of hydrogen-bond acceptors (Lipinski definition) is 2. The molecule has 5 heteroatoms. The predicted octanol–water partition coefficient (Wildman–Crippen LogP) is 5.31. The minimum atomic E-state index is -4.41. The molecule has 0 amide bonds. The molecule has 1 N–H and O–H groups in total. The molecule has 0 spiro atoms. The number of benzene rings is 3. The zero-order valence-corrected chi connectivity index (χ0v) is 11.9. The summed E-state index contributed by atoms with van der Waals surface area (Å²) in [5.41, 5.74) is -0.136. The Balaban J connectivity index is 1.95. The van der Waals surface area contributed by atoms with Gasteiger partial charge in [-0.1, -0.05) is 30.3 Å². The van der Waals surface area contributed by atoms with Crippen molar-refractivity contribution >= 4 is 22.7 Å². The van der Waals surface area contributed by atoms with Gasteiger partial charge in [0.05, 0.1) is 11.3 Å². The average molecular weight is 315 g/mol. The van der Waals surface area contributed by atoms with Gasteiger partial charge in [-0.15, -0.1) is 0 Å². The predicted molar refractivity (Wildman–Crippen MR) is 84.3 cm³/mol. The fourth-order valence-corrected chi connectivity index (χ4v) is 2.26. The quantitative estimate of drug-likeness (QED) is 0.638. The van der Waals surface area contributed by atoms with Gasteiger partial charge in [0.1, 0.15) is 5.75 Å². The van der Waals surface area contributed by atoms with Crippen molar-refractivity contribution in [2.45, 2.75) is 6.18 Å². The number of aromatic hydroxyl groups is 1. The van der Waals surface area contributed by atoms with Gasteiger partial charge in [-0.05, 0) is 41.1 Å². The second-order valence-corrected chi connectivity index (χ2v) is 5.06. The van der Waals surface area contributed by atoms with Crippen LogP contribution in [0, 0.1) is 0 Å². The highest BCUT2D eigenvalue weighted by molar-refractivity contribution is 5.94. The molecule has 0 atom stereocenters. The highest BCUT2D eigenvalue weighted by atomic mass is 19.4. The van der Waals surface area contributed by atoms with Crippen molar-refractivity contribution in [2.24, 2.45) is 4.99 Å². The zero-order chi connectivity index (χ0) is 16.4. The second-order valence-electron chi connectivity index (χ2n) is 5.06. The summed E-state index contributed by atoms with van der Waals surface area (Å²) in [6, 6.07) is 15.6. The molecule has 0 fully saturated rings. The lowest BCUT2D eigenvalue weighted by atomic mass is 10.1. The normalized spacial score (nSPS) is 12.1. The van der Waals surface area contributed by atoms with Gasteiger partial charge in [-0.3, -0.25) is 4.99 Å². The van der Waals surface area contributed by atoms with Crippen molar-refractivity contribution in [3.05, 3.63) is 71.8 Å². The van der Waals surface area contributed by atoms with Gasteiger partial charge >= 0.3 is 6.18 Å². The third-order valence-corrected chi connectivity index (χ3v) is 3.42. The first-order valence-electron chi connectivity index (χ1n) is 6.86. The maximum Gasteiger partial charge on any atom is 0.416 e. The molecule has 3 rings (SSSR count). The summed E-state index contributed by atoms with van der Waals surface area (Å²) in [6.45, 7) is 0. The lowest BCUT2D eigenvalue weighted by molar-refractivity contribution is -0.137. The van der Waals surface area contributed by atoms with Gasteiger partial charge in [0.25, 0.3) is 0 Å². The van der Waals surface area contributed by atoms with Crippen LogP contribution in [-0.4, -0.2) is 11.3 Å². The molecule has 2 nitrogen and oxygen atoms in total. The maximum absolute atomic E-state index is 12.7. The summed E-state index contributed by atoms with van der Waals surface area (Å²) in [4.78, 5) is 4.03. The Morgan fingerprint density at radius 2 is 1.57 bits per heavy atom. The van der Waals surface area contributed by atoms with Crippen molar-refractivity contribution in [1.82, 2.24) is 0 Å². The van der Waals surface area contributed by atoms with Crippen molar-refractivity contribution in [3.63, 3.8) is 0 Å². The highest BCUT2D eigenvalue weighted by Gasteiger charge is 2.30. The number of alkyl halides is 3. The number of aliphatic imine (C=N–C) groups is 1. The molecule has 3 aromatic carbocycles. The van der Waals surface area contributed by atoms with Crippen LogP contribution >= 0.6 is 0 Å². The number of phenolic OH excluding ortho intramolecular Hbond substituents is 1. The minimum absolute atomic E-state index is 0.0272. The molecule has 0 bridgehead atoms. The van der Waals surface area contributed by atoms with E-state index in [1.807, 2.05) is 24.3 Å². The molecular formula is C18H12F3NO. The summed E-state index contributed by atoms with van der Waals surface area (Å²) in [6.07, 6.45) is -3.05. The van der Waals surface area contributed by atoms with E-state index in [0.717, 1.165) is 22.9 Å². The largest absolute Gasteiger partial charge is 0.507 e. The molecule has 0 aliphatic heterocycles.